The number of rotatable bonds is 6. The summed E-state index contributed by atoms with van der Waals surface area (Å²) in [4.78, 5) is 23.6. The smallest absolute Gasteiger partial charge is 0.412 e. The molecule has 2 atom stereocenters. The summed E-state index contributed by atoms with van der Waals surface area (Å²) in [6, 6.07) is 1.86. The van der Waals surface area contributed by atoms with E-state index in [4.69, 9.17) is 9.47 Å². The number of hydrogen-bond acceptors (Lipinski definition) is 6. The number of amides is 1. The molecule has 0 N–H and O–H groups in total. The normalized spacial score (nSPS) is 24.8. The molecule has 0 radical (unpaired) electrons. The van der Waals surface area contributed by atoms with Crippen LogP contribution in [0, 0.1) is 5.92 Å². The van der Waals surface area contributed by atoms with Crippen LogP contribution in [-0.4, -0.2) is 50.2 Å². The Bertz CT molecular complexity index is 687. The van der Waals surface area contributed by atoms with Crippen LogP contribution >= 0.6 is 11.8 Å². The maximum Gasteiger partial charge on any atom is 0.412 e. The molecule has 1 aromatic rings. The molecule has 1 saturated heterocycles. The van der Waals surface area contributed by atoms with Gasteiger partial charge in [-0.25, -0.2) is 14.8 Å². The lowest BCUT2D eigenvalue weighted by Crippen LogP contribution is -2.50. The van der Waals surface area contributed by atoms with E-state index in [0.717, 1.165) is 23.8 Å². The number of thioether (sulfide) groups is 1. The zero-order chi connectivity index (χ0) is 21.8. The van der Waals surface area contributed by atoms with Crippen LogP contribution in [0.2, 0.25) is 0 Å². The van der Waals surface area contributed by atoms with Gasteiger partial charge in [0.15, 0.2) is 5.16 Å². The van der Waals surface area contributed by atoms with E-state index in [2.05, 4.69) is 9.97 Å². The van der Waals surface area contributed by atoms with Crippen molar-refractivity contribution in [3.63, 3.8) is 0 Å². The molecule has 1 aliphatic carbocycles. The first-order valence-electron chi connectivity index (χ1n) is 11.3. The summed E-state index contributed by atoms with van der Waals surface area (Å²) in [5, 5.41) is 0.780. The van der Waals surface area contributed by atoms with Crippen LogP contribution in [-0.2, 0) is 9.47 Å². The number of aromatic nitrogens is 2. The van der Waals surface area contributed by atoms with Gasteiger partial charge >= 0.3 is 6.09 Å². The number of ether oxygens (including phenoxy) is 2. The summed E-state index contributed by atoms with van der Waals surface area (Å²) in [6.07, 6.45) is 11.5. The lowest BCUT2D eigenvalue weighted by molar-refractivity contribution is -0.0790. The zero-order valence-electron chi connectivity index (χ0n) is 19.1. The molecule has 0 bridgehead atoms. The second-order valence-corrected chi connectivity index (χ2v) is 11.0. The third-order valence-corrected chi connectivity index (χ3v) is 6.75. The fraction of sp³-hybridized carbons (Fsp3) is 0.783. The first-order chi connectivity index (χ1) is 14.2. The van der Waals surface area contributed by atoms with Crippen molar-refractivity contribution in [2.24, 2.45) is 5.92 Å². The Morgan fingerprint density at radius 3 is 2.53 bits per heavy atom. The first-order valence-corrected chi connectivity index (χ1v) is 12.2. The molecule has 2 heterocycles. The quantitative estimate of drug-likeness (QED) is 0.424. The molecule has 1 amide bonds. The minimum atomic E-state index is -0.680. The largest absolute Gasteiger partial charge is 0.444 e. The lowest BCUT2D eigenvalue weighted by Gasteiger charge is -2.37. The van der Waals surface area contributed by atoms with Crippen molar-refractivity contribution in [1.29, 1.82) is 0 Å². The highest BCUT2D eigenvalue weighted by atomic mass is 32.2. The van der Waals surface area contributed by atoms with Gasteiger partial charge in [-0.2, -0.15) is 0 Å². The van der Waals surface area contributed by atoms with Crippen LogP contribution in [0.4, 0.5) is 4.79 Å². The Labute approximate surface area is 185 Å². The molecule has 1 aliphatic heterocycles. The van der Waals surface area contributed by atoms with Gasteiger partial charge in [0, 0.05) is 18.1 Å². The first kappa shape index (κ1) is 23.3. The van der Waals surface area contributed by atoms with Crippen molar-refractivity contribution in [2.75, 3.05) is 5.75 Å². The van der Waals surface area contributed by atoms with E-state index >= 15 is 0 Å². The topological polar surface area (TPSA) is 64.5 Å². The molecule has 1 aromatic heterocycles. The minimum Gasteiger partial charge on any atom is -0.444 e. The van der Waals surface area contributed by atoms with Gasteiger partial charge in [-0.15, -0.1) is 0 Å². The standard InChI is InChI=1S/C23H37N3O3S/c1-22(2,3)29-21(27)26-18(16-17-10-7-6-8-11-17)19(28-23(26,4)5)12-15-30-20-24-13-9-14-25-20/h9,13-14,17-19H,6-8,10-12,15-16H2,1-5H3. The summed E-state index contributed by atoms with van der Waals surface area (Å²) < 4.78 is 12.2. The number of carbonyl (C=O) groups excluding carboxylic acids is 1. The van der Waals surface area contributed by atoms with Crippen LogP contribution in [0.15, 0.2) is 23.6 Å². The van der Waals surface area contributed by atoms with Gasteiger partial charge in [0.2, 0.25) is 0 Å². The fourth-order valence-corrected chi connectivity index (χ4v) is 5.44. The molecule has 1 saturated carbocycles. The zero-order valence-corrected chi connectivity index (χ0v) is 19.9. The molecular weight excluding hydrogens is 398 g/mol. The molecular formula is C23H37N3O3S. The molecule has 30 heavy (non-hydrogen) atoms. The molecule has 3 rings (SSSR count). The van der Waals surface area contributed by atoms with Gasteiger partial charge in [-0.1, -0.05) is 43.9 Å². The summed E-state index contributed by atoms with van der Waals surface area (Å²) in [5.41, 5.74) is -1.21. The lowest BCUT2D eigenvalue weighted by atomic mass is 9.83. The van der Waals surface area contributed by atoms with Gasteiger partial charge in [0.1, 0.15) is 11.3 Å². The Hall–Kier alpha value is -1.34. The van der Waals surface area contributed by atoms with E-state index in [1.165, 1.54) is 32.1 Å². The van der Waals surface area contributed by atoms with Crippen molar-refractivity contribution in [3.8, 4) is 0 Å². The van der Waals surface area contributed by atoms with E-state index in [0.29, 0.717) is 5.92 Å². The van der Waals surface area contributed by atoms with E-state index < -0.39 is 11.3 Å². The fourth-order valence-electron chi connectivity index (χ4n) is 4.64. The Morgan fingerprint density at radius 1 is 1.23 bits per heavy atom. The van der Waals surface area contributed by atoms with Crippen LogP contribution < -0.4 is 0 Å². The van der Waals surface area contributed by atoms with Gasteiger partial charge in [0.25, 0.3) is 0 Å². The second kappa shape index (κ2) is 9.86. The highest BCUT2D eigenvalue weighted by Gasteiger charge is 2.51. The summed E-state index contributed by atoms with van der Waals surface area (Å²) in [6.45, 7) is 9.72. The molecule has 168 valence electrons. The maximum atomic E-state index is 13.2. The van der Waals surface area contributed by atoms with Crippen LogP contribution in [0.3, 0.4) is 0 Å². The average molecular weight is 436 g/mol. The second-order valence-electron chi connectivity index (χ2n) is 9.93. The summed E-state index contributed by atoms with van der Waals surface area (Å²) in [5.74, 6) is 1.51. The van der Waals surface area contributed by atoms with Crippen molar-refractivity contribution in [3.05, 3.63) is 18.5 Å². The van der Waals surface area contributed by atoms with E-state index in [1.54, 1.807) is 24.2 Å². The molecule has 2 aliphatic rings. The molecule has 2 fully saturated rings. The third kappa shape index (κ3) is 6.33. The average Bonchev–Trinajstić information content (AvgIpc) is 2.91. The highest BCUT2D eigenvalue weighted by Crippen LogP contribution is 2.40. The summed E-state index contributed by atoms with van der Waals surface area (Å²) in [7, 11) is 0. The minimum absolute atomic E-state index is 0.00865. The van der Waals surface area contributed by atoms with E-state index in [9.17, 15) is 4.79 Å². The van der Waals surface area contributed by atoms with Crippen molar-refractivity contribution < 1.29 is 14.3 Å². The molecule has 0 aromatic carbocycles. The Morgan fingerprint density at radius 2 is 1.90 bits per heavy atom. The van der Waals surface area contributed by atoms with Crippen LogP contribution in [0.25, 0.3) is 0 Å². The molecule has 2 unspecified atom stereocenters. The van der Waals surface area contributed by atoms with E-state index in [1.807, 2.05) is 45.6 Å². The number of hydrogen-bond donors (Lipinski definition) is 0. The monoisotopic (exact) mass is 435 g/mol. The van der Waals surface area contributed by atoms with Crippen LogP contribution in [0.1, 0.15) is 79.6 Å². The van der Waals surface area contributed by atoms with Crippen molar-refractivity contribution in [2.45, 2.75) is 108 Å². The predicted octanol–water partition coefficient (Wildman–Crippen LogP) is 5.67. The molecule has 6 nitrogen and oxygen atoms in total. The van der Waals surface area contributed by atoms with Gasteiger partial charge in [-0.05, 0) is 59.4 Å². The van der Waals surface area contributed by atoms with Crippen molar-refractivity contribution >= 4 is 17.9 Å². The van der Waals surface area contributed by atoms with E-state index in [-0.39, 0.29) is 18.2 Å². The molecule has 0 spiro atoms. The number of carbonyl (C=O) groups is 1. The van der Waals surface area contributed by atoms with Crippen LogP contribution in [0.5, 0.6) is 0 Å². The Kier molecular flexibility index (Phi) is 7.66. The van der Waals surface area contributed by atoms with Gasteiger partial charge < -0.3 is 9.47 Å². The van der Waals surface area contributed by atoms with Crippen molar-refractivity contribution in [1.82, 2.24) is 14.9 Å². The maximum absolute atomic E-state index is 13.2. The van der Waals surface area contributed by atoms with Gasteiger partial charge in [-0.3, -0.25) is 4.90 Å². The number of nitrogens with zero attached hydrogens (tertiary/aromatic N) is 3. The highest BCUT2D eigenvalue weighted by molar-refractivity contribution is 7.99. The van der Waals surface area contributed by atoms with Gasteiger partial charge in [0.05, 0.1) is 12.1 Å². The molecule has 7 heteroatoms. The Balaban J connectivity index is 1.72. The summed E-state index contributed by atoms with van der Waals surface area (Å²) >= 11 is 1.64. The predicted molar refractivity (Wildman–Crippen MR) is 119 cm³/mol. The third-order valence-electron chi connectivity index (χ3n) is 5.85. The SMILES string of the molecule is CC(C)(C)OC(=O)N1C(CC2CCCCC2)C(CCSc2ncccn2)OC1(C)C.